The lowest BCUT2D eigenvalue weighted by molar-refractivity contribution is -0.145. The first-order chi connectivity index (χ1) is 12.9. The fourth-order valence-corrected chi connectivity index (χ4v) is 3.76. The van der Waals surface area contributed by atoms with E-state index in [9.17, 15) is 13.2 Å². The zero-order valence-corrected chi connectivity index (χ0v) is 16.4. The topological polar surface area (TPSA) is 81.7 Å². The largest absolute Gasteiger partial charge is 0.482 e. The first-order valence-corrected chi connectivity index (χ1v) is 10.3. The maximum Gasteiger partial charge on any atom is 0.344 e. The lowest BCUT2D eigenvalue weighted by atomic mass is 10.1. The van der Waals surface area contributed by atoms with Crippen LogP contribution in [0, 0.1) is 0 Å². The number of rotatable bonds is 10. The van der Waals surface area contributed by atoms with Crippen LogP contribution in [0.3, 0.4) is 0 Å². The van der Waals surface area contributed by atoms with E-state index in [2.05, 4.69) is 4.72 Å². The van der Waals surface area contributed by atoms with E-state index in [1.165, 1.54) is 29.8 Å². The highest BCUT2D eigenvalue weighted by atomic mass is 32.2. The maximum atomic E-state index is 12.5. The van der Waals surface area contributed by atoms with Gasteiger partial charge in [0.25, 0.3) is 0 Å². The molecule has 0 amide bonds. The zero-order valence-electron chi connectivity index (χ0n) is 15.6. The second-order valence-electron chi connectivity index (χ2n) is 6.11. The van der Waals surface area contributed by atoms with E-state index < -0.39 is 16.0 Å². The molecule has 2 aromatic rings. The highest BCUT2D eigenvalue weighted by Gasteiger charge is 2.17. The normalized spacial score (nSPS) is 12.4. The SMILES string of the molecule is CCOC(=O)COc1ccc(S(=O)(=O)N[C@H](C)CCc2ccccc2)cc1. The van der Waals surface area contributed by atoms with E-state index in [0.717, 1.165) is 6.42 Å². The summed E-state index contributed by atoms with van der Waals surface area (Å²) < 4.78 is 37.7. The van der Waals surface area contributed by atoms with E-state index in [-0.39, 0.29) is 24.2 Å². The van der Waals surface area contributed by atoms with Crippen molar-refractivity contribution in [3.8, 4) is 5.75 Å². The van der Waals surface area contributed by atoms with Gasteiger partial charge < -0.3 is 9.47 Å². The molecule has 2 aromatic carbocycles. The van der Waals surface area contributed by atoms with Crippen LogP contribution in [0.1, 0.15) is 25.8 Å². The minimum absolute atomic E-state index is 0.151. The van der Waals surface area contributed by atoms with E-state index >= 15 is 0 Å². The Bertz CT molecular complexity index is 819. The molecule has 146 valence electrons. The number of benzene rings is 2. The zero-order chi connectivity index (χ0) is 19.7. The molecule has 0 fully saturated rings. The van der Waals surface area contributed by atoms with Crippen molar-refractivity contribution in [3.63, 3.8) is 0 Å². The van der Waals surface area contributed by atoms with Crippen molar-refractivity contribution in [1.82, 2.24) is 4.72 Å². The van der Waals surface area contributed by atoms with Crippen LogP contribution in [-0.4, -0.2) is 33.6 Å². The molecule has 0 saturated heterocycles. The van der Waals surface area contributed by atoms with Crippen LogP contribution in [0.4, 0.5) is 0 Å². The summed E-state index contributed by atoms with van der Waals surface area (Å²) in [7, 11) is -3.62. The summed E-state index contributed by atoms with van der Waals surface area (Å²) in [4.78, 5) is 11.4. The fourth-order valence-electron chi connectivity index (χ4n) is 2.48. The van der Waals surface area contributed by atoms with Crippen LogP contribution in [-0.2, 0) is 26.0 Å². The molecule has 27 heavy (non-hydrogen) atoms. The van der Waals surface area contributed by atoms with E-state index in [4.69, 9.17) is 9.47 Å². The molecule has 7 heteroatoms. The van der Waals surface area contributed by atoms with Gasteiger partial charge in [-0.25, -0.2) is 17.9 Å². The summed E-state index contributed by atoms with van der Waals surface area (Å²) in [5.74, 6) is -0.0674. The van der Waals surface area contributed by atoms with Gasteiger partial charge in [-0.3, -0.25) is 0 Å². The number of aryl methyl sites for hydroxylation is 1. The van der Waals surface area contributed by atoms with Crippen LogP contribution < -0.4 is 9.46 Å². The Morgan fingerprint density at radius 3 is 2.37 bits per heavy atom. The minimum atomic E-state index is -3.62. The lowest BCUT2D eigenvalue weighted by Gasteiger charge is -2.14. The van der Waals surface area contributed by atoms with E-state index in [1.54, 1.807) is 6.92 Å². The third kappa shape index (κ3) is 7.03. The predicted octanol–water partition coefficient (Wildman–Crippen LogP) is 2.93. The van der Waals surface area contributed by atoms with Gasteiger partial charge in [0.05, 0.1) is 11.5 Å². The van der Waals surface area contributed by atoms with Gasteiger partial charge in [0, 0.05) is 6.04 Å². The number of hydrogen-bond acceptors (Lipinski definition) is 5. The van der Waals surface area contributed by atoms with Gasteiger partial charge in [-0.1, -0.05) is 30.3 Å². The van der Waals surface area contributed by atoms with Gasteiger partial charge in [-0.05, 0) is 56.5 Å². The van der Waals surface area contributed by atoms with Crippen molar-refractivity contribution in [2.75, 3.05) is 13.2 Å². The summed E-state index contributed by atoms with van der Waals surface area (Å²) in [6.07, 6.45) is 1.50. The average Bonchev–Trinajstić information content (AvgIpc) is 2.66. The van der Waals surface area contributed by atoms with Gasteiger partial charge in [0.1, 0.15) is 5.75 Å². The number of sulfonamides is 1. The Morgan fingerprint density at radius 1 is 1.07 bits per heavy atom. The number of ether oxygens (including phenoxy) is 2. The molecular formula is C20H25NO5S. The molecule has 2 rings (SSSR count). The van der Waals surface area contributed by atoms with Crippen LogP contribution >= 0.6 is 0 Å². The summed E-state index contributed by atoms with van der Waals surface area (Å²) in [6.45, 7) is 3.63. The summed E-state index contributed by atoms with van der Waals surface area (Å²) in [5.41, 5.74) is 1.17. The van der Waals surface area contributed by atoms with Crippen molar-refractivity contribution in [1.29, 1.82) is 0 Å². The molecule has 0 bridgehead atoms. The number of nitrogens with one attached hydrogen (secondary N) is 1. The molecule has 0 aliphatic carbocycles. The highest BCUT2D eigenvalue weighted by molar-refractivity contribution is 7.89. The van der Waals surface area contributed by atoms with Gasteiger partial charge >= 0.3 is 5.97 Å². The van der Waals surface area contributed by atoms with Crippen molar-refractivity contribution < 1.29 is 22.7 Å². The number of esters is 1. The second-order valence-corrected chi connectivity index (χ2v) is 7.83. The monoisotopic (exact) mass is 391 g/mol. The molecule has 0 unspecified atom stereocenters. The molecule has 6 nitrogen and oxygen atoms in total. The number of hydrogen-bond donors (Lipinski definition) is 1. The molecule has 1 atom stereocenters. The molecule has 0 aliphatic heterocycles. The molecule has 0 aromatic heterocycles. The van der Waals surface area contributed by atoms with Crippen LogP contribution in [0.5, 0.6) is 5.75 Å². The third-order valence-electron chi connectivity index (χ3n) is 3.86. The smallest absolute Gasteiger partial charge is 0.344 e. The summed E-state index contributed by atoms with van der Waals surface area (Å²) in [5, 5.41) is 0. The molecule has 0 spiro atoms. The summed E-state index contributed by atoms with van der Waals surface area (Å²) >= 11 is 0. The van der Waals surface area contributed by atoms with Crippen LogP contribution in [0.15, 0.2) is 59.5 Å². The first kappa shape index (κ1) is 20.9. The standard InChI is InChI=1S/C20H25NO5S/c1-3-25-20(22)15-26-18-11-13-19(14-12-18)27(23,24)21-16(2)9-10-17-7-5-4-6-8-17/h4-8,11-14,16,21H,3,9-10,15H2,1-2H3/t16-/m1/s1. The molecule has 1 N–H and O–H groups in total. The van der Waals surface area contributed by atoms with Gasteiger partial charge in [-0.15, -0.1) is 0 Å². The number of carbonyl (C=O) groups excluding carboxylic acids is 1. The fraction of sp³-hybridized carbons (Fsp3) is 0.350. The average molecular weight is 391 g/mol. The quantitative estimate of drug-likeness (QED) is 0.630. The van der Waals surface area contributed by atoms with E-state index in [1.807, 2.05) is 37.3 Å². The lowest BCUT2D eigenvalue weighted by Crippen LogP contribution is -2.32. The molecule has 0 saturated carbocycles. The molecule has 0 aliphatic rings. The Hall–Kier alpha value is -2.38. The minimum Gasteiger partial charge on any atom is -0.482 e. The van der Waals surface area contributed by atoms with Gasteiger partial charge in [0.15, 0.2) is 6.61 Å². The Morgan fingerprint density at radius 2 is 1.74 bits per heavy atom. The van der Waals surface area contributed by atoms with Crippen molar-refractivity contribution in [2.24, 2.45) is 0 Å². The van der Waals surface area contributed by atoms with Crippen molar-refractivity contribution >= 4 is 16.0 Å². The molecular weight excluding hydrogens is 366 g/mol. The van der Waals surface area contributed by atoms with Crippen LogP contribution in [0.25, 0.3) is 0 Å². The van der Waals surface area contributed by atoms with E-state index in [0.29, 0.717) is 12.2 Å². The maximum absolute atomic E-state index is 12.5. The first-order valence-electron chi connectivity index (χ1n) is 8.85. The molecule has 0 heterocycles. The highest BCUT2D eigenvalue weighted by Crippen LogP contribution is 2.17. The second kappa shape index (κ2) is 10.1. The predicted molar refractivity (Wildman–Crippen MR) is 103 cm³/mol. The number of carbonyl (C=O) groups is 1. The summed E-state index contributed by atoms with van der Waals surface area (Å²) in [6, 6.07) is 15.7. The van der Waals surface area contributed by atoms with Crippen molar-refractivity contribution in [2.45, 2.75) is 37.6 Å². The third-order valence-corrected chi connectivity index (χ3v) is 5.47. The Labute approximate surface area is 160 Å². The Kier molecular flexibility index (Phi) is 7.82. The van der Waals surface area contributed by atoms with Crippen LogP contribution in [0.2, 0.25) is 0 Å². The van der Waals surface area contributed by atoms with Gasteiger partial charge in [-0.2, -0.15) is 0 Å². The van der Waals surface area contributed by atoms with Gasteiger partial charge in [0.2, 0.25) is 10.0 Å². The molecule has 0 radical (unpaired) electrons. The Balaban J connectivity index is 1.88. The van der Waals surface area contributed by atoms with Crippen molar-refractivity contribution in [3.05, 3.63) is 60.2 Å².